The molecule has 2 aromatic rings. The molecule has 5 heteroatoms. The molecule has 1 heterocycles. The number of phenols is 1. The molecule has 0 saturated heterocycles. The third kappa shape index (κ3) is 3.41. The predicted molar refractivity (Wildman–Crippen MR) is 76.9 cm³/mol. The van der Waals surface area contributed by atoms with Crippen molar-refractivity contribution in [3.63, 3.8) is 0 Å². The number of aryl methyl sites for hydroxylation is 2. The highest BCUT2D eigenvalue weighted by Crippen LogP contribution is 2.15. The van der Waals surface area contributed by atoms with Crippen LogP contribution < -0.4 is 5.43 Å². The number of carbonyl (C=O) groups is 1. The Bertz CT molecular complexity index is 649. The van der Waals surface area contributed by atoms with Crippen LogP contribution in [0.3, 0.4) is 0 Å². The number of nitrogens with one attached hydrogen (secondary N) is 1. The monoisotopic (exact) mass is 269 g/mol. The van der Waals surface area contributed by atoms with Crippen molar-refractivity contribution in [1.82, 2.24) is 10.4 Å². The number of nitrogens with zero attached hydrogens (tertiary/aromatic N) is 2. The zero-order valence-electron chi connectivity index (χ0n) is 11.3. The smallest absolute Gasteiger partial charge is 0.272 e. The van der Waals surface area contributed by atoms with Crippen molar-refractivity contribution >= 4 is 12.1 Å². The van der Waals surface area contributed by atoms with E-state index < -0.39 is 0 Å². The standard InChI is InChI=1S/C15H15N3O2/c1-10-3-5-12(14(19)7-10)9-17-18-15(20)13-6-4-11(2)16-8-13/h3-9,19H,1-2H3,(H,18,20). The van der Waals surface area contributed by atoms with Crippen LogP contribution in [-0.4, -0.2) is 22.2 Å². The molecular weight excluding hydrogens is 254 g/mol. The van der Waals surface area contributed by atoms with E-state index in [9.17, 15) is 9.90 Å². The topological polar surface area (TPSA) is 74.6 Å². The lowest BCUT2D eigenvalue weighted by molar-refractivity contribution is 0.0954. The minimum atomic E-state index is -0.347. The first-order valence-electron chi connectivity index (χ1n) is 6.12. The van der Waals surface area contributed by atoms with Crippen molar-refractivity contribution < 1.29 is 9.90 Å². The van der Waals surface area contributed by atoms with Gasteiger partial charge in [-0.2, -0.15) is 5.10 Å². The first-order valence-corrected chi connectivity index (χ1v) is 6.12. The normalized spacial score (nSPS) is 10.7. The summed E-state index contributed by atoms with van der Waals surface area (Å²) < 4.78 is 0. The van der Waals surface area contributed by atoms with Crippen molar-refractivity contribution in [3.8, 4) is 5.75 Å². The van der Waals surface area contributed by atoms with Crippen molar-refractivity contribution in [1.29, 1.82) is 0 Å². The largest absolute Gasteiger partial charge is 0.507 e. The molecule has 102 valence electrons. The van der Waals surface area contributed by atoms with E-state index >= 15 is 0 Å². The number of pyridine rings is 1. The summed E-state index contributed by atoms with van der Waals surface area (Å²) in [6.07, 6.45) is 2.89. The zero-order chi connectivity index (χ0) is 14.5. The van der Waals surface area contributed by atoms with Crippen molar-refractivity contribution in [2.75, 3.05) is 0 Å². The van der Waals surface area contributed by atoms with Crippen LogP contribution in [0.25, 0.3) is 0 Å². The van der Waals surface area contributed by atoms with Gasteiger partial charge < -0.3 is 5.11 Å². The van der Waals surface area contributed by atoms with Crippen LogP contribution in [0.1, 0.15) is 27.2 Å². The molecule has 1 aromatic carbocycles. The average molecular weight is 269 g/mol. The third-order valence-electron chi connectivity index (χ3n) is 2.73. The number of aromatic hydroxyl groups is 1. The maximum atomic E-state index is 11.8. The average Bonchev–Trinajstić information content (AvgIpc) is 2.42. The van der Waals surface area contributed by atoms with E-state index in [4.69, 9.17) is 0 Å². The van der Waals surface area contributed by atoms with Crippen molar-refractivity contribution in [2.45, 2.75) is 13.8 Å². The number of benzene rings is 1. The number of carbonyl (C=O) groups excluding carboxylic acids is 1. The molecule has 0 aliphatic carbocycles. The molecule has 0 radical (unpaired) electrons. The van der Waals surface area contributed by atoms with E-state index in [2.05, 4.69) is 15.5 Å². The zero-order valence-corrected chi connectivity index (χ0v) is 11.3. The highest BCUT2D eigenvalue weighted by Gasteiger charge is 2.04. The van der Waals surface area contributed by atoms with E-state index in [0.29, 0.717) is 11.1 Å². The van der Waals surface area contributed by atoms with Gasteiger partial charge in [0, 0.05) is 17.5 Å². The van der Waals surface area contributed by atoms with Crippen LogP contribution in [0.2, 0.25) is 0 Å². The first-order chi connectivity index (χ1) is 9.56. The molecule has 0 spiro atoms. The van der Waals surface area contributed by atoms with Crippen LogP contribution in [0.15, 0.2) is 41.6 Å². The van der Waals surface area contributed by atoms with Gasteiger partial charge in [0.1, 0.15) is 5.75 Å². The van der Waals surface area contributed by atoms with Crippen molar-refractivity contribution in [2.24, 2.45) is 5.10 Å². The summed E-state index contributed by atoms with van der Waals surface area (Å²) in [5.41, 5.74) is 5.15. The van der Waals surface area contributed by atoms with Crippen LogP contribution in [-0.2, 0) is 0 Å². The second-order valence-corrected chi connectivity index (χ2v) is 4.45. The van der Waals surface area contributed by atoms with Gasteiger partial charge in [0.05, 0.1) is 11.8 Å². The Morgan fingerprint density at radius 2 is 2.10 bits per heavy atom. The molecule has 2 N–H and O–H groups in total. The Hall–Kier alpha value is -2.69. The van der Waals surface area contributed by atoms with Gasteiger partial charge in [0.2, 0.25) is 0 Å². The minimum absolute atomic E-state index is 0.125. The van der Waals surface area contributed by atoms with Crippen LogP contribution >= 0.6 is 0 Å². The molecule has 5 nitrogen and oxygen atoms in total. The SMILES string of the molecule is Cc1ccc(C=NNC(=O)c2ccc(C)nc2)c(O)c1. The summed E-state index contributed by atoms with van der Waals surface area (Å²) in [7, 11) is 0. The number of hydrogen-bond acceptors (Lipinski definition) is 4. The molecule has 1 aromatic heterocycles. The number of phenolic OH excluding ortho intramolecular Hbond substituents is 1. The van der Waals surface area contributed by atoms with Gasteiger partial charge in [-0.25, -0.2) is 5.43 Å². The quantitative estimate of drug-likeness (QED) is 0.662. The Kier molecular flexibility index (Phi) is 4.10. The number of hydrogen-bond donors (Lipinski definition) is 2. The van der Waals surface area contributed by atoms with Gasteiger partial charge in [-0.1, -0.05) is 6.07 Å². The predicted octanol–water partition coefficient (Wildman–Crippen LogP) is 2.17. The third-order valence-corrected chi connectivity index (χ3v) is 2.73. The molecule has 0 atom stereocenters. The molecule has 0 saturated carbocycles. The fourth-order valence-corrected chi connectivity index (χ4v) is 1.59. The molecule has 1 amide bonds. The van der Waals surface area contributed by atoms with Gasteiger partial charge in [-0.05, 0) is 43.7 Å². The van der Waals surface area contributed by atoms with Gasteiger partial charge >= 0.3 is 0 Å². The fraction of sp³-hybridized carbons (Fsp3) is 0.133. The summed E-state index contributed by atoms with van der Waals surface area (Å²) in [6.45, 7) is 3.73. The van der Waals surface area contributed by atoms with Crippen molar-refractivity contribution in [3.05, 3.63) is 58.9 Å². The van der Waals surface area contributed by atoms with E-state index in [1.165, 1.54) is 12.4 Å². The molecule has 0 bridgehead atoms. The van der Waals surface area contributed by atoms with Gasteiger partial charge in [-0.15, -0.1) is 0 Å². The highest BCUT2D eigenvalue weighted by molar-refractivity contribution is 5.94. The summed E-state index contributed by atoms with van der Waals surface area (Å²) in [5.74, 6) is -0.222. The Balaban J connectivity index is 2.02. The number of amides is 1. The lowest BCUT2D eigenvalue weighted by atomic mass is 10.1. The summed E-state index contributed by atoms with van der Waals surface area (Å²) in [4.78, 5) is 15.8. The second kappa shape index (κ2) is 5.97. The molecule has 0 aliphatic heterocycles. The lowest BCUT2D eigenvalue weighted by Crippen LogP contribution is -2.17. The van der Waals surface area contributed by atoms with E-state index in [1.54, 1.807) is 24.3 Å². The Morgan fingerprint density at radius 3 is 2.75 bits per heavy atom. The van der Waals surface area contributed by atoms with Crippen LogP contribution in [0, 0.1) is 13.8 Å². The van der Waals surface area contributed by atoms with Crippen LogP contribution in [0.4, 0.5) is 0 Å². The van der Waals surface area contributed by atoms with Gasteiger partial charge in [0.25, 0.3) is 5.91 Å². The minimum Gasteiger partial charge on any atom is -0.507 e. The second-order valence-electron chi connectivity index (χ2n) is 4.45. The molecule has 0 aliphatic rings. The maximum absolute atomic E-state index is 11.8. The fourth-order valence-electron chi connectivity index (χ4n) is 1.59. The molecule has 20 heavy (non-hydrogen) atoms. The van der Waals surface area contributed by atoms with E-state index in [-0.39, 0.29) is 11.7 Å². The number of hydrazone groups is 1. The highest BCUT2D eigenvalue weighted by atomic mass is 16.3. The Labute approximate surface area is 117 Å². The number of aromatic nitrogens is 1. The van der Waals surface area contributed by atoms with Gasteiger partial charge in [0.15, 0.2) is 0 Å². The maximum Gasteiger partial charge on any atom is 0.272 e. The van der Waals surface area contributed by atoms with E-state index in [1.807, 2.05) is 19.9 Å². The molecule has 0 fully saturated rings. The molecule has 0 unspecified atom stereocenters. The molecule has 2 rings (SSSR count). The first kappa shape index (κ1) is 13.7. The van der Waals surface area contributed by atoms with E-state index in [0.717, 1.165) is 11.3 Å². The summed E-state index contributed by atoms with van der Waals surface area (Å²) in [6, 6.07) is 8.65. The molecular formula is C15H15N3O2. The van der Waals surface area contributed by atoms with Crippen LogP contribution in [0.5, 0.6) is 5.75 Å². The summed E-state index contributed by atoms with van der Waals surface area (Å²) in [5, 5.41) is 13.5. The number of rotatable bonds is 3. The van der Waals surface area contributed by atoms with Gasteiger partial charge in [-0.3, -0.25) is 9.78 Å². The Morgan fingerprint density at radius 1 is 1.30 bits per heavy atom. The summed E-state index contributed by atoms with van der Waals surface area (Å²) >= 11 is 0. The lowest BCUT2D eigenvalue weighted by Gasteiger charge is -2.01.